The van der Waals surface area contributed by atoms with Gasteiger partial charge >= 0.3 is 19.5 Å². The first-order valence-corrected chi connectivity index (χ1v) is 5.96. The minimum Gasteiger partial charge on any atom is -0.876 e. The summed E-state index contributed by atoms with van der Waals surface area (Å²) in [6, 6.07) is 0. The maximum atomic E-state index is 9.98. The number of allylic oxidation sites excluding steroid dienone is 6. The van der Waals surface area contributed by atoms with Gasteiger partial charge in [0.2, 0.25) is 0 Å². The third-order valence-corrected chi connectivity index (χ3v) is 1.22. The van der Waals surface area contributed by atoms with Crippen LogP contribution in [0, 0.1) is 0 Å². The van der Waals surface area contributed by atoms with Gasteiger partial charge in [0.1, 0.15) is 0 Å². The molecular formula is C15H21O6Ru. The second-order valence-corrected chi connectivity index (χ2v) is 4.10. The largest absolute Gasteiger partial charge is 3.00 e. The van der Waals surface area contributed by atoms with Crippen molar-refractivity contribution in [3.8, 4) is 0 Å². The molecule has 0 rings (SSSR count). The molecule has 0 heterocycles. The molecule has 0 bridgehead atoms. The fraction of sp³-hybridized carbons (Fsp3) is 0.400. The fourth-order valence-corrected chi connectivity index (χ4v) is 0.859. The Morgan fingerprint density at radius 2 is 0.682 bits per heavy atom. The van der Waals surface area contributed by atoms with Gasteiger partial charge in [-0.3, -0.25) is 14.4 Å². The molecule has 0 saturated heterocycles. The SMILES string of the molecule is CC(=O)C=C(C)[O-].CC(=O)C=C(C)[O-].CC(=O)C=C(C)[O-].[Ru+3]. The molecule has 0 N–H and O–H groups in total. The van der Waals surface area contributed by atoms with E-state index in [0.29, 0.717) is 0 Å². The average molecular weight is 398 g/mol. The number of rotatable bonds is 3. The van der Waals surface area contributed by atoms with Gasteiger partial charge in [0.15, 0.2) is 17.3 Å². The Hall–Kier alpha value is -1.75. The Kier molecular flexibility index (Phi) is 22.4. The molecule has 0 fully saturated rings. The summed E-state index contributed by atoms with van der Waals surface area (Å²) in [5.74, 6) is -1.12. The van der Waals surface area contributed by atoms with Crippen LogP contribution in [0.5, 0.6) is 0 Å². The zero-order valence-electron chi connectivity index (χ0n) is 13.5. The van der Waals surface area contributed by atoms with E-state index in [1.165, 1.54) is 41.5 Å². The standard InChI is InChI=1S/3C5H8O2.Ru/c3*1-4(6)3-5(2)7;/h3*3,6H,1-2H3;/q;;;+3/p-3. The van der Waals surface area contributed by atoms with Gasteiger partial charge in [0, 0.05) is 0 Å². The van der Waals surface area contributed by atoms with E-state index < -0.39 is 0 Å². The van der Waals surface area contributed by atoms with E-state index in [1.807, 2.05) is 0 Å². The number of hydrogen-bond donors (Lipinski definition) is 0. The van der Waals surface area contributed by atoms with Crippen molar-refractivity contribution in [1.82, 2.24) is 0 Å². The van der Waals surface area contributed by atoms with Crippen LogP contribution in [0.4, 0.5) is 0 Å². The Morgan fingerprint density at radius 1 is 0.545 bits per heavy atom. The predicted octanol–water partition coefficient (Wildman–Crippen LogP) is -0.484. The molecule has 6 nitrogen and oxygen atoms in total. The van der Waals surface area contributed by atoms with Crippen molar-refractivity contribution in [2.75, 3.05) is 0 Å². The van der Waals surface area contributed by atoms with E-state index in [1.54, 1.807) is 0 Å². The normalized spacial score (nSPS) is 10.9. The van der Waals surface area contributed by atoms with Crippen LogP contribution in [-0.4, -0.2) is 17.3 Å². The molecule has 0 aromatic rings. The first kappa shape index (κ1) is 28.4. The third-order valence-electron chi connectivity index (χ3n) is 1.22. The predicted molar refractivity (Wildman–Crippen MR) is 73.3 cm³/mol. The van der Waals surface area contributed by atoms with Crippen molar-refractivity contribution < 1.29 is 49.2 Å². The van der Waals surface area contributed by atoms with Crippen molar-refractivity contribution in [2.45, 2.75) is 41.5 Å². The molecule has 0 atom stereocenters. The summed E-state index contributed by atoms with van der Waals surface area (Å²) < 4.78 is 0. The van der Waals surface area contributed by atoms with E-state index >= 15 is 0 Å². The van der Waals surface area contributed by atoms with Crippen molar-refractivity contribution in [3.05, 3.63) is 35.5 Å². The van der Waals surface area contributed by atoms with Crippen LogP contribution < -0.4 is 15.3 Å². The van der Waals surface area contributed by atoms with Gasteiger partial charge in [-0.05, 0) is 39.0 Å². The molecule has 22 heavy (non-hydrogen) atoms. The second-order valence-electron chi connectivity index (χ2n) is 4.10. The summed E-state index contributed by atoms with van der Waals surface area (Å²) in [6.45, 7) is 8.09. The van der Waals surface area contributed by atoms with Crippen molar-refractivity contribution in [3.63, 3.8) is 0 Å². The van der Waals surface area contributed by atoms with Crippen LogP contribution in [-0.2, 0) is 33.9 Å². The number of hydrogen-bond acceptors (Lipinski definition) is 6. The van der Waals surface area contributed by atoms with E-state index in [2.05, 4.69) is 0 Å². The van der Waals surface area contributed by atoms with Crippen molar-refractivity contribution >= 4 is 17.3 Å². The van der Waals surface area contributed by atoms with E-state index in [9.17, 15) is 29.7 Å². The van der Waals surface area contributed by atoms with Crippen LogP contribution in [0.3, 0.4) is 0 Å². The number of ketones is 3. The molecule has 7 heteroatoms. The summed E-state index contributed by atoms with van der Waals surface area (Å²) in [4.78, 5) is 29.9. The van der Waals surface area contributed by atoms with Crippen LogP contribution in [0.1, 0.15) is 41.5 Å². The number of carbonyl (C=O) groups excluding carboxylic acids is 3. The molecule has 0 amide bonds. The minimum atomic E-state index is -0.187. The molecule has 0 aromatic heterocycles. The van der Waals surface area contributed by atoms with Crippen LogP contribution in [0.15, 0.2) is 35.5 Å². The summed E-state index contributed by atoms with van der Waals surface area (Å²) in [5.41, 5.74) is 0. The third kappa shape index (κ3) is 51.7. The molecule has 0 unspecified atom stereocenters. The van der Waals surface area contributed by atoms with Gasteiger partial charge in [0.25, 0.3) is 0 Å². The first-order chi connectivity index (χ1) is 9.38. The van der Waals surface area contributed by atoms with E-state index in [-0.39, 0.29) is 54.1 Å². The average Bonchev–Trinajstić information content (AvgIpc) is 2.10. The second kappa shape index (κ2) is 17.3. The smallest absolute Gasteiger partial charge is 0.876 e. The molecule has 0 aromatic carbocycles. The van der Waals surface area contributed by atoms with Crippen LogP contribution in [0.2, 0.25) is 0 Å². The van der Waals surface area contributed by atoms with Crippen LogP contribution in [0.25, 0.3) is 0 Å². The first-order valence-electron chi connectivity index (χ1n) is 5.96. The molecule has 125 valence electrons. The Labute approximate surface area is 144 Å². The Balaban J connectivity index is -0.000000108. The molecule has 0 spiro atoms. The Morgan fingerprint density at radius 3 is 0.682 bits per heavy atom. The molecule has 0 aliphatic carbocycles. The zero-order chi connectivity index (χ0) is 17.6. The van der Waals surface area contributed by atoms with Gasteiger partial charge in [0.05, 0.1) is 0 Å². The summed E-state index contributed by atoms with van der Waals surface area (Å²) in [6.07, 6.45) is 3.17. The molecule has 0 saturated carbocycles. The molecule has 0 aliphatic rings. The van der Waals surface area contributed by atoms with Gasteiger partial charge < -0.3 is 15.3 Å². The van der Waals surface area contributed by atoms with Crippen LogP contribution >= 0.6 is 0 Å². The van der Waals surface area contributed by atoms with Crippen molar-refractivity contribution in [2.24, 2.45) is 0 Å². The minimum absolute atomic E-state index is 0. The molecular weight excluding hydrogens is 377 g/mol. The monoisotopic (exact) mass is 399 g/mol. The quantitative estimate of drug-likeness (QED) is 0.360. The summed E-state index contributed by atoms with van der Waals surface area (Å²) in [5, 5.41) is 29.9. The van der Waals surface area contributed by atoms with Gasteiger partial charge in [-0.1, -0.05) is 20.8 Å². The zero-order valence-corrected chi connectivity index (χ0v) is 15.3. The maximum Gasteiger partial charge on any atom is 3.00 e. The summed E-state index contributed by atoms with van der Waals surface area (Å²) >= 11 is 0. The molecule has 0 aliphatic heterocycles. The number of carbonyl (C=O) groups is 3. The maximum absolute atomic E-state index is 9.98. The Bertz CT molecular complexity index is 368. The van der Waals surface area contributed by atoms with Gasteiger partial charge in [-0.25, -0.2) is 0 Å². The van der Waals surface area contributed by atoms with Gasteiger partial charge in [-0.2, -0.15) is 0 Å². The topological polar surface area (TPSA) is 120 Å². The van der Waals surface area contributed by atoms with Crippen molar-refractivity contribution in [1.29, 1.82) is 0 Å². The fourth-order valence-electron chi connectivity index (χ4n) is 0.859. The molecule has 1 radical (unpaired) electrons. The van der Waals surface area contributed by atoms with Gasteiger partial charge in [-0.15, -0.1) is 17.3 Å². The van der Waals surface area contributed by atoms with E-state index in [4.69, 9.17) is 0 Å². The summed E-state index contributed by atoms with van der Waals surface area (Å²) in [7, 11) is 0. The van der Waals surface area contributed by atoms with E-state index in [0.717, 1.165) is 18.2 Å².